The van der Waals surface area contributed by atoms with Crippen LogP contribution in [0, 0.1) is 0 Å². The van der Waals surface area contributed by atoms with Crippen LogP contribution >= 0.6 is 0 Å². The first-order chi connectivity index (χ1) is 9.18. The van der Waals surface area contributed by atoms with Crippen LogP contribution in [-0.4, -0.2) is 42.5 Å². The second kappa shape index (κ2) is 7.10. The summed E-state index contributed by atoms with van der Waals surface area (Å²) in [5.41, 5.74) is 5.20. The van der Waals surface area contributed by atoms with E-state index in [1.165, 1.54) is 38.5 Å². The van der Waals surface area contributed by atoms with Crippen LogP contribution in [0.1, 0.15) is 51.4 Å². The quantitative estimate of drug-likeness (QED) is 0.408. The van der Waals surface area contributed by atoms with E-state index < -0.39 is 5.60 Å². The molecule has 1 aliphatic heterocycles. The number of hydrogen-bond acceptors (Lipinski definition) is 3. The summed E-state index contributed by atoms with van der Waals surface area (Å²) in [6.07, 6.45) is 8.84. The Labute approximate surface area is 115 Å². The van der Waals surface area contributed by atoms with Gasteiger partial charge in [-0.1, -0.05) is 25.7 Å². The molecule has 0 aromatic rings. The molecule has 5 nitrogen and oxygen atoms in total. The van der Waals surface area contributed by atoms with Gasteiger partial charge in [0.15, 0.2) is 5.96 Å². The van der Waals surface area contributed by atoms with E-state index in [1.807, 2.05) is 0 Å². The summed E-state index contributed by atoms with van der Waals surface area (Å²) < 4.78 is 5.25. The van der Waals surface area contributed by atoms with Crippen molar-refractivity contribution in [2.75, 3.05) is 19.8 Å². The molecule has 0 atom stereocenters. The summed E-state index contributed by atoms with van der Waals surface area (Å²) >= 11 is 0. The van der Waals surface area contributed by atoms with Crippen molar-refractivity contribution in [2.45, 2.75) is 63.0 Å². The zero-order valence-electron chi connectivity index (χ0n) is 11.7. The van der Waals surface area contributed by atoms with Crippen LogP contribution in [0.5, 0.6) is 0 Å². The van der Waals surface area contributed by atoms with Gasteiger partial charge < -0.3 is 20.9 Å². The maximum Gasteiger partial charge on any atom is 0.188 e. The predicted molar refractivity (Wildman–Crippen MR) is 76.1 cm³/mol. The van der Waals surface area contributed by atoms with E-state index in [4.69, 9.17) is 10.5 Å². The molecule has 1 aliphatic carbocycles. The number of nitrogens with one attached hydrogen (secondary N) is 1. The highest BCUT2D eigenvalue weighted by atomic mass is 16.5. The molecule has 1 heterocycles. The number of nitrogens with zero attached hydrogens (tertiary/aromatic N) is 1. The Hall–Kier alpha value is -0.810. The lowest BCUT2D eigenvalue weighted by molar-refractivity contribution is -0.0565. The molecule has 2 aliphatic rings. The standard InChI is InChI=1S/C14H27N3O2/c15-13(17-12-5-3-1-2-4-6-12)16-11-14(18)7-9-19-10-8-14/h12,18H,1-11H2,(H3,15,16,17). The average Bonchev–Trinajstić information content (AvgIpc) is 2.66. The molecule has 19 heavy (non-hydrogen) atoms. The van der Waals surface area contributed by atoms with E-state index in [0.29, 0.717) is 44.6 Å². The molecule has 0 aromatic heterocycles. The van der Waals surface area contributed by atoms with Gasteiger partial charge in [-0.15, -0.1) is 0 Å². The minimum absolute atomic E-state index is 0.377. The lowest BCUT2D eigenvalue weighted by atomic mass is 9.95. The molecule has 1 saturated heterocycles. The lowest BCUT2D eigenvalue weighted by Gasteiger charge is -2.30. The van der Waals surface area contributed by atoms with E-state index in [0.717, 1.165) is 0 Å². The van der Waals surface area contributed by atoms with Gasteiger partial charge in [0.05, 0.1) is 12.1 Å². The van der Waals surface area contributed by atoms with E-state index in [9.17, 15) is 5.11 Å². The minimum atomic E-state index is -0.728. The van der Waals surface area contributed by atoms with Crippen molar-refractivity contribution < 1.29 is 9.84 Å². The van der Waals surface area contributed by atoms with E-state index in [-0.39, 0.29) is 0 Å². The Balaban J connectivity index is 1.77. The molecule has 5 heteroatoms. The van der Waals surface area contributed by atoms with Gasteiger partial charge in [0, 0.05) is 32.1 Å². The molecule has 1 saturated carbocycles. The molecule has 0 aromatic carbocycles. The summed E-state index contributed by atoms with van der Waals surface area (Å²) in [4.78, 5) is 4.32. The molecule has 2 fully saturated rings. The smallest absolute Gasteiger partial charge is 0.188 e. The van der Waals surface area contributed by atoms with Crippen LogP contribution in [0.2, 0.25) is 0 Å². The summed E-state index contributed by atoms with van der Waals surface area (Å²) in [5, 5.41) is 13.6. The van der Waals surface area contributed by atoms with Gasteiger partial charge in [-0.25, -0.2) is 0 Å². The Bertz CT molecular complexity index is 293. The number of aliphatic hydroxyl groups is 1. The highest BCUT2D eigenvalue weighted by Gasteiger charge is 2.29. The number of guanidine groups is 1. The van der Waals surface area contributed by atoms with Gasteiger partial charge in [0.1, 0.15) is 0 Å². The molecule has 0 spiro atoms. The maximum absolute atomic E-state index is 10.3. The summed E-state index contributed by atoms with van der Waals surface area (Å²) in [5.74, 6) is 0.479. The molecule has 0 amide bonds. The molecule has 110 valence electrons. The second-order valence-electron chi connectivity index (χ2n) is 5.87. The average molecular weight is 269 g/mol. The molecule has 0 radical (unpaired) electrons. The monoisotopic (exact) mass is 269 g/mol. The molecule has 0 unspecified atom stereocenters. The lowest BCUT2D eigenvalue weighted by Crippen LogP contribution is -2.43. The highest BCUT2D eigenvalue weighted by molar-refractivity contribution is 5.78. The number of nitrogens with two attached hydrogens (primary N) is 1. The van der Waals surface area contributed by atoms with Crippen molar-refractivity contribution in [1.82, 2.24) is 5.32 Å². The van der Waals surface area contributed by atoms with Crippen molar-refractivity contribution in [3.05, 3.63) is 0 Å². The van der Waals surface area contributed by atoms with Gasteiger partial charge in [0.2, 0.25) is 0 Å². The molecule has 4 N–H and O–H groups in total. The van der Waals surface area contributed by atoms with E-state index in [1.54, 1.807) is 0 Å². The summed E-state index contributed by atoms with van der Waals surface area (Å²) in [6.45, 7) is 1.60. The van der Waals surface area contributed by atoms with E-state index in [2.05, 4.69) is 10.3 Å². The van der Waals surface area contributed by atoms with Gasteiger partial charge >= 0.3 is 0 Å². The highest BCUT2D eigenvalue weighted by Crippen LogP contribution is 2.20. The second-order valence-corrected chi connectivity index (χ2v) is 5.87. The molecule has 2 rings (SSSR count). The topological polar surface area (TPSA) is 79.9 Å². The summed E-state index contributed by atoms with van der Waals surface area (Å²) in [6, 6.07) is 0.454. The van der Waals surface area contributed by atoms with E-state index >= 15 is 0 Å². The minimum Gasteiger partial charge on any atom is -0.388 e. The fraction of sp³-hybridized carbons (Fsp3) is 0.929. The van der Waals surface area contributed by atoms with Crippen LogP contribution in [0.4, 0.5) is 0 Å². The predicted octanol–water partition coefficient (Wildman–Crippen LogP) is 1.15. The van der Waals surface area contributed by atoms with Gasteiger partial charge in [-0.3, -0.25) is 4.99 Å². The van der Waals surface area contributed by atoms with Crippen LogP contribution in [0.25, 0.3) is 0 Å². The third kappa shape index (κ3) is 4.99. The SMILES string of the molecule is NC(=NCC1(O)CCOCC1)NC1CCCCCC1. The Morgan fingerprint density at radius 1 is 1.21 bits per heavy atom. The maximum atomic E-state index is 10.3. The molecular weight excluding hydrogens is 242 g/mol. The third-order valence-corrected chi connectivity index (χ3v) is 4.17. The van der Waals surface area contributed by atoms with Crippen LogP contribution in [0.15, 0.2) is 4.99 Å². The first-order valence-electron chi connectivity index (χ1n) is 7.55. The van der Waals surface area contributed by atoms with Crippen LogP contribution < -0.4 is 11.1 Å². The fourth-order valence-corrected chi connectivity index (χ4v) is 2.82. The number of rotatable bonds is 3. The Morgan fingerprint density at radius 2 is 1.84 bits per heavy atom. The van der Waals surface area contributed by atoms with Crippen molar-refractivity contribution in [3.8, 4) is 0 Å². The van der Waals surface area contributed by atoms with Crippen LogP contribution in [-0.2, 0) is 4.74 Å². The first kappa shape index (κ1) is 14.6. The molecule has 0 bridgehead atoms. The van der Waals surface area contributed by atoms with Gasteiger partial charge in [0.25, 0.3) is 0 Å². The third-order valence-electron chi connectivity index (χ3n) is 4.17. The van der Waals surface area contributed by atoms with Crippen molar-refractivity contribution >= 4 is 5.96 Å². The number of aliphatic imine (C=N–C) groups is 1. The van der Waals surface area contributed by atoms with Gasteiger partial charge in [-0.2, -0.15) is 0 Å². The van der Waals surface area contributed by atoms with Crippen molar-refractivity contribution in [3.63, 3.8) is 0 Å². The zero-order chi connectivity index (χ0) is 13.6. The Morgan fingerprint density at radius 3 is 2.47 bits per heavy atom. The Kier molecular flexibility index (Phi) is 5.45. The van der Waals surface area contributed by atoms with Crippen molar-refractivity contribution in [2.24, 2.45) is 10.7 Å². The number of ether oxygens (including phenoxy) is 1. The van der Waals surface area contributed by atoms with Crippen molar-refractivity contribution in [1.29, 1.82) is 0 Å². The fourth-order valence-electron chi connectivity index (χ4n) is 2.82. The van der Waals surface area contributed by atoms with Gasteiger partial charge in [-0.05, 0) is 12.8 Å². The molecular formula is C14H27N3O2. The normalized spacial score (nSPS) is 25.8. The number of hydrogen-bond donors (Lipinski definition) is 3. The summed E-state index contributed by atoms with van der Waals surface area (Å²) in [7, 11) is 0. The largest absolute Gasteiger partial charge is 0.388 e. The van der Waals surface area contributed by atoms with Crippen LogP contribution in [0.3, 0.4) is 0 Å². The zero-order valence-corrected chi connectivity index (χ0v) is 11.7. The first-order valence-corrected chi connectivity index (χ1v) is 7.55.